The number of hydrogen-bond acceptors (Lipinski definition) is 5. The van der Waals surface area contributed by atoms with E-state index in [0.717, 1.165) is 38.8 Å². The predicted octanol–water partition coefficient (Wildman–Crippen LogP) is 3.98. The molecule has 0 aromatic rings. The van der Waals surface area contributed by atoms with Gasteiger partial charge in [-0.05, 0) is 52.6 Å². The first-order valence-electron chi connectivity index (χ1n) is 10.1. The van der Waals surface area contributed by atoms with Crippen molar-refractivity contribution in [1.82, 2.24) is 10.2 Å². The number of carbonyl (C=O) groups is 2. The van der Waals surface area contributed by atoms with Crippen molar-refractivity contribution in [3.63, 3.8) is 0 Å². The first kappa shape index (κ1) is 24.7. The fraction of sp³-hybridized carbons (Fsp3) is 0.900. The van der Waals surface area contributed by atoms with E-state index < -0.39 is 6.09 Å². The van der Waals surface area contributed by atoms with Crippen LogP contribution in [-0.4, -0.2) is 55.9 Å². The van der Waals surface area contributed by atoms with Crippen LogP contribution >= 0.6 is 0 Å². The highest BCUT2D eigenvalue weighted by Crippen LogP contribution is 2.15. The second kappa shape index (κ2) is 14.8. The van der Waals surface area contributed by atoms with E-state index in [2.05, 4.69) is 31.0 Å². The lowest BCUT2D eigenvalue weighted by atomic mass is 10.0. The molecule has 0 aliphatic rings. The van der Waals surface area contributed by atoms with Crippen LogP contribution in [0, 0.1) is 5.92 Å². The molecule has 1 N–H and O–H groups in total. The van der Waals surface area contributed by atoms with E-state index in [1.165, 1.54) is 0 Å². The Kier molecular flexibility index (Phi) is 14.1. The zero-order valence-electron chi connectivity index (χ0n) is 17.7. The highest BCUT2D eigenvalue weighted by molar-refractivity contribution is 5.70. The Bertz CT molecular complexity index is 386. The van der Waals surface area contributed by atoms with Gasteiger partial charge in [-0.15, -0.1) is 0 Å². The molecule has 0 radical (unpaired) electrons. The van der Waals surface area contributed by atoms with Gasteiger partial charge in [0.2, 0.25) is 0 Å². The van der Waals surface area contributed by atoms with Crippen molar-refractivity contribution in [3.8, 4) is 0 Å². The van der Waals surface area contributed by atoms with Gasteiger partial charge in [-0.25, -0.2) is 4.79 Å². The topological polar surface area (TPSA) is 67.9 Å². The standard InChI is InChI=1S/C20H40N2O4/c1-7-22(6)15-14-21-20(24)26-18(11-9-8-10-16(2)3)12-13-19(23)25-17(4)5/h16-18H,7-15H2,1-6H3,(H,21,24). The van der Waals surface area contributed by atoms with Crippen molar-refractivity contribution in [2.45, 2.75) is 85.4 Å². The van der Waals surface area contributed by atoms with Crippen LogP contribution in [0.1, 0.15) is 73.1 Å². The Morgan fingerprint density at radius 2 is 1.65 bits per heavy atom. The third kappa shape index (κ3) is 15.0. The summed E-state index contributed by atoms with van der Waals surface area (Å²) >= 11 is 0. The highest BCUT2D eigenvalue weighted by atomic mass is 16.6. The quantitative estimate of drug-likeness (QED) is 0.369. The van der Waals surface area contributed by atoms with Crippen molar-refractivity contribution in [3.05, 3.63) is 0 Å². The number of hydrogen-bond donors (Lipinski definition) is 1. The average molecular weight is 373 g/mol. The molecule has 0 heterocycles. The SMILES string of the molecule is CCN(C)CCNC(=O)OC(CCCCC(C)C)CCC(=O)OC(C)C. The summed E-state index contributed by atoms with van der Waals surface area (Å²) in [5.41, 5.74) is 0. The maximum Gasteiger partial charge on any atom is 0.407 e. The number of carbonyl (C=O) groups excluding carboxylic acids is 2. The minimum absolute atomic E-state index is 0.119. The van der Waals surface area contributed by atoms with Crippen molar-refractivity contribution in [1.29, 1.82) is 0 Å². The Labute approximate surface area is 160 Å². The van der Waals surface area contributed by atoms with Crippen LogP contribution in [0.2, 0.25) is 0 Å². The van der Waals surface area contributed by atoms with Crippen LogP contribution in [0.5, 0.6) is 0 Å². The van der Waals surface area contributed by atoms with Crippen molar-refractivity contribution < 1.29 is 19.1 Å². The number of ether oxygens (including phenoxy) is 2. The van der Waals surface area contributed by atoms with Gasteiger partial charge < -0.3 is 19.7 Å². The largest absolute Gasteiger partial charge is 0.463 e. The molecule has 154 valence electrons. The molecule has 0 fully saturated rings. The minimum atomic E-state index is -0.402. The highest BCUT2D eigenvalue weighted by Gasteiger charge is 2.17. The second-order valence-electron chi connectivity index (χ2n) is 7.61. The molecule has 6 heteroatoms. The lowest BCUT2D eigenvalue weighted by Gasteiger charge is -2.19. The van der Waals surface area contributed by atoms with E-state index in [-0.39, 0.29) is 24.6 Å². The zero-order chi connectivity index (χ0) is 19.9. The van der Waals surface area contributed by atoms with Crippen LogP contribution in [-0.2, 0) is 14.3 Å². The van der Waals surface area contributed by atoms with E-state index in [9.17, 15) is 9.59 Å². The van der Waals surface area contributed by atoms with Crippen molar-refractivity contribution in [2.24, 2.45) is 5.92 Å². The van der Waals surface area contributed by atoms with Gasteiger partial charge in [0, 0.05) is 19.5 Å². The summed E-state index contributed by atoms with van der Waals surface area (Å²) in [4.78, 5) is 25.9. The zero-order valence-corrected chi connectivity index (χ0v) is 17.7. The minimum Gasteiger partial charge on any atom is -0.463 e. The molecular weight excluding hydrogens is 332 g/mol. The number of unbranched alkanes of at least 4 members (excludes halogenated alkanes) is 1. The Balaban J connectivity index is 4.32. The summed E-state index contributed by atoms with van der Waals surface area (Å²) in [6, 6.07) is 0. The molecule has 0 bridgehead atoms. The maximum absolute atomic E-state index is 12.0. The number of esters is 1. The molecule has 0 saturated heterocycles. The molecule has 0 aliphatic heterocycles. The number of rotatable bonds is 14. The summed E-state index contributed by atoms with van der Waals surface area (Å²) in [5.74, 6) is 0.440. The molecule has 1 atom stereocenters. The van der Waals surface area contributed by atoms with Gasteiger partial charge in [-0.2, -0.15) is 0 Å². The molecule has 1 amide bonds. The third-order valence-corrected chi connectivity index (χ3v) is 4.17. The summed E-state index contributed by atoms with van der Waals surface area (Å²) < 4.78 is 10.7. The van der Waals surface area contributed by atoms with E-state index in [1.54, 1.807) is 0 Å². The molecule has 0 aromatic carbocycles. The van der Waals surface area contributed by atoms with Crippen LogP contribution in [0.25, 0.3) is 0 Å². The smallest absolute Gasteiger partial charge is 0.407 e. The molecule has 0 aromatic heterocycles. The lowest BCUT2D eigenvalue weighted by Crippen LogP contribution is -2.35. The molecule has 0 spiro atoms. The molecule has 0 saturated carbocycles. The fourth-order valence-electron chi connectivity index (χ4n) is 2.49. The first-order chi connectivity index (χ1) is 12.2. The fourth-order valence-corrected chi connectivity index (χ4v) is 2.49. The molecular formula is C20H40N2O4. The lowest BCUT2D eigenvalue weighted by molar-refractivity contribution is -0.148. The molecule has 26 heavy (non-hydrogen) atoms. The van der Waals surface area contributed by atoms with Gasteiger partial charge in [0.05, 0.1) is 6.10 Å². The summed E-state index contributed by atoms with van der Waals surface area (Å²) in [6.45, 7) is 12.4. The van der Waals surface area contributed by atoms with Crippen LogP contribution < -0.4 is 5.32 Å². The van der Waals surface area contributed by atoms with Gasteiger partial charge in [0.25, 0.3) is 0 Å². The monoisotopic (exact) mass is 372 g/mol. The normalized spacial score (nSPS) is 12.5. The van der Waals surface area contributed by atoms with Gasteiger partial charge in [-0.3, -0.25) is 4.79 Å². The summed E-state index contributed by atoms with van der Waals surface area (Å²) in [5, 5.41) is 2.79. The maximum atomic E-state index is 12.0. The molecule has 6 nitrogen and oxygen atoms in total. The summed E-state index contributed by atoms with van der Waals surface area (Å²) in [6.07, 6.45) is 4.07. The van der Waals surface area contributed by atoms with Gasteiger partial charge >= 0.3 is 12.1 Å². The van der Waals surface area contributed by atoms with Gasteiger partial charge in [-0.1, -0.05) is 33.6 Å². The van der Waals surface area contributed by atoms with Crippen LogP contribution in [0.15, 0.2) is 0 Å². The van der Waals surface area contributed by atoms with Crippen molar-refractivity contribution >= 4 is 12.1 Å². The van der Waals surface area contributed by atoms with Gasteiger partial charge in [0.15, 0.2) is 0 Å². The predicted molar refractivity (Wildman–Crippen MR) is 105 cm³/mol. The summed E-state index contributed by atoms with van der Waals surface area (Å²) in [7, 11) is 2.00. The Morgan fingerprint density at radius 3 is 2.23 bits per heavy atom. The Hall–Kier alpha value is -1.30. The number of nitrogens with one attached hydrogen (secondary N) is 1. The Morgan fingerprint density at radius 1 is 1.00 bits per heavy atom. The van der Waals surface area contributed by atoms with E-state index >= 15 is 0 Å². The third-order valence-electron chi connectivity index (χ3n) is 4.17. The number of likely N-dealkylation sites (N-methyl/N-ethyl adjacent to an activating group) is 1. The number of alkyl carbamates (subject to hydrolysis) is 1. The van der Waals surface area contributed by atoms with Crippen molar-refractivity contribution in [2.75, 3.05) is 26.7 Å². The van der Waals surface area contributed by atoms with Crippen LogP contribution in [0.3, 0.4) is 0 Å². The van der Waals surface area contributed by atoms with Gasteiger partial charge in [0.1, 0.15) is 6.10 Å². The number of amides is 1. The number of nitrogens with zero attached hydrogens (tertiary/aromatic N) is 1. The first-order valence-corrected chi connectivity index (χ1v) is 10.1. The van der Waals surface area contributed by atoms with E-state index in [4.69, 9.17) is 9.47 Å². The van der Waals surface area contributed by atoms with Crippen LogP contribution in [0.4, 0.5) is 4.79 Å². The average Bonchev–Trinajstić information content (AvgIpc) is 2.55. The second-order valence-corrected chi connectivity index (χ2v) is 7.61. The molecule has 1 unspecified atom stereocenters. The van der Waals surface area contributed by atoms with E-state index in [0.29, 0.717) is 18.9 Å². The van der Waals surface area contributed by atoms with E-state index in [1.807, 2.05) is 20.9 Å². The molecule has 0 aliphatic carbocycles. The molecule has 0 rings (SSSR count).